The van der Waals surface area contributed by atoms with E-state index in [9.17, 15) is 19.7 Å². The predicted octanol–water partition coefficient (Wildman–Crippen LogP) is 2.53. The molecule has 0 bridgehead atoms. The standard InChI is InChI=1S/C17H18N2O5/c1-4-24-17(11(2)8-15(20)9-12(17)3)18-16(21)13-6-5-7-14(10-13)19(22)23/h5-10H,4H2,1-3H3,(H,18,21). The first-order valence-electron chi connectivity index (χ1n) is 7.42. The predicted molar refractivity (Wildman–Crippen MR) is 87.4 cm³/mol. The van der Waals surface area contributed by atoms with Gasteiger partial charge < -0.3 is 10.1 Å². The summed E-state index contributed by atoms with van der Waals surface area (Å²) in [6, 6.07) is 5.43. The number of hydrogen-bond donors (Lipinski definition) is 1. The van der Waals surface area contributed by atoms with Gasteiger partial charge in [-0.15, -0.1) is 0 Å². The van der Waals surface area contributed by atoms with Crippen molar-refractivity contribution in [2.24, 2.45) is 0 Å². The average Bonchev–Trinajstić information content (AvgIpc) is 2.52. The third-order valence-corrected chi connectivity index (χ3v) is 3.80. The lowest BCUT2D eigenvalue weighted by Crippen LogP contribution is -2.53. The molecule has 0 fully saturated rings. The highest BCUT2D eigenvalue weighted by molar-refractivity contribution is 6.03. The van der Waals surface area contributed by atoms with E-state index < -0.39 is 16.6 Å². The Morgan fingerprint density at radius 1 is 1.29 bits per heavy atom. The number of ketones is 1. The number of nitro groups is 1. The van der Waals surface area contributed by atoms with Crippen LogP contribution in [0.1, 0.15) is 31.1 Å². The summed E-state index contributed by atoms with van der Waals surface area (Å²) in [5, 5.41) is 13.6. The molecule has 0 saturated carbocycles. The molecule has 1 N–H and O–H groups in total. The van der Waals surface area contributed by atoms with Crippen LogP contribution in [0, 0.1) is 10.1 Å². The average molecular weight is 330 g/mol. The van der Waals surface area contributed by atoms with Crippen LogP contribution in [-0.2, 0) is 9.53 Å². The molecule has 1 aromatic carbocycles. The number of amides is 1. The smallest absolute Gasteiger partial charge is 0.270 e. The van der Waals surface area contributed by atoms with Crippen molar-refractivity contribution in [2.75, 3.05) is 6.61 Å². The van der Waals surface area contributed by atoms with Crippen molar-refractivity contribution in [1.82, 2.24) is 5.32 Å². The Hall–Kier alpha value is -2.80. The second kappa shape index (κ2) is 6.76. The van der Waals surface area contributed by atoms with E-state index in [1.54, 1.807) is 20.8 Å². The third kappa shape index (κ3) is 3.26. The van der Waals surface area contributed by atoms with E-state index in [1.165, 1.54) is 36.4 Å². The van der Waals surface area contributed by atoms with Gasteiger partial charge in [0.15, 0.2) is 11.5 Å². The van der Waals surface area contributed by atoms with E-state index in [1.807, 2.05) is 0 Å². The maximum atomic E-state index is 12.6. The summed E-state index contributed by atoms with van der Waals surface area (Å²) in [5.41, 5.74) is -0.168. The van der Waals surface area contributed by atoms with Crippen molar-refractivity contribution in [3.05, 3.63) is 63.2 Å². The van der Waals surface area contributed by atoms with Gasteiger partial charge in [-0.3, -0.25) is 19.7 Å². The van der Waals surface area contributed by atoms with Gasteiger partial charge in [-0.25, -0.2) is 0 Å². The lowest BCUT2D eigenvalue weighted by Gasteiger charge is -2.38. The Labute approximate surface area is 139 Å². The van der Waals surface area contributed by atoms with E-state index in [-0.39, 0.29) is 17.0 Å². The first-order valence-corrected chi connectivity index (χ1v) is 7.42. The monoisotopic (exact) mass is 330 g/mol. The van der Waals surface area contributed by atoms with Gasteiger partial charge in [-0.2, -0.15) is 0 Å². The minimum absolute atomic E-state index is 0.140. The van der Waals surface area contributed by atoms with Crippen molar-refractivity contribution < 1.29 is 19.2 Å². The molecule has 1 amide bonds. The molecule has 0 aliphatic heterocycles. The number of allylic oxidation sites excluding steroid dienone is 2. The number of nitrogens with one attached hydrogen (secondary N) is 1. The van der Waals surface area contributed by atoms with Crippen LogP contribution >= 0.6 is 0 Å². The second-order valence-electron chi connectivity index (χ2n) is 5.43. The van der Waals surface area contributed by atoms with Gasteiger partial charge >= 0.3 is 0 Å². The molecule has 0 heterocycles. The summed E-state index contributed by atoms with van der Waals surface area (Å²) in [5.74, 6) is -0.702. The highest BCUT2D eigenvalue weighted by Crippen LogP contribution is 2.31. The van der Waals surface area contributed by atoms with Crippen molar-refractivity contribution in [3.63, 3.8) is 0 Å². The van der Waals surface area contributed by atoms with E-state index in [4.69, 9.17) is 4.74 Å². The van der Waals surface area contributed by atoms with E-state index in [0.717, 1.165) is 0 Å². The lowest BCUT2D eigenvalue weighted by molar-refractivity contribution is -0.384. The summed E-state index contributed by atoms with van der Waals surface area (Å²) in [7, 11) is 0. The molecule has 7 nitrogen and oxygen atoms in total. The van der Waals surface area contributed by atoms with Gasteiger partial charge in [-0.1, -0.05) is 6.07 Å². The van der Waals surface area contributed by atoms with Crippen LogP contribution in [0.2, 0.25) is 0 Å². The highest BCUT2D eigenvalue weighted by Gasteiger charge is 2.39. The zero-order chi connectivity index (χ0) is 17.9. The van der Waals surface area contributed by atoms with E-state index >= 15 is 0 Å². The Balaban J connectivity index is 2.38. The molecule has 0 atom stereocenters. The number of carbonyl (C=O) groups is 2. The van der Waals surface area contributed by atoms with Crippen molar-refractivity contribution >= 4 is 17.4 Å². The van der Waals surface area contributed by atoms with Gasteiger partial charge in [0.05, 0.1) is 4.92 Å². The topological polar surface area (TPSA) is 98.5 Å². The fourth-order valence-corrected chi connectivity index (χ4v) is 2.65. The van der Waals surface area contributed by atoms with E-state index in [2.05, 4.69) is 5.32 Å². The Morgan fingerprint density at radius 2 is 1.92 bits per heavy atom. The van der Waals surface area contributed by atoms with Crippen LogP contribution in [0.3, 0.4) is 0 Å². The van der Waals surface area contributed by atoms with Crippen molar-refractivity contribution in [1.29, 1.82) is 0 Å². The molecule has 126 valence electrons. The van der Waals surface area contributed by atoms with Gasteiger partial charge in [0.2, 0.25) is 0 Å². The molecule has 2 rings (SSSR count). The Bertz CT molecular complexity index is 742. The maximum absolute atomic E-state index is 12.6. The summed E-state index contributed by atoms with van der Waals surface area (Å²) >= 11 is 0. The molecular formula is C17H18N2O5. The lowest BCUT2D eigenvalue weighted by atomic mass is 9.89. The van der Waals surface area contributed by atoms with Crippen LogP contribution in [0.4, 0.5) is 5.69 Å². The molecule has 1 aromatic rings. The first kappa shape index (κ1) is 17.6. The molecule has 1 aliphatic rings. The molecule has 0 aromatic heterocycles. The van der Waals surface area contributed by atoms with Gasteiger partial charge in [-0.05, 0) is 50.1 Å². The number of ether oxygens (including phenoxy) is 1. The number of hydrogen-bond acceptors (Lipinski definition) is 5. The Morgan fingerprint density at radius 3 is 2.46 bits per heavy atom. The van der Waals surface area contributed by atoms with Crippen LogP contribution in [0.15, 0.2) is 47.6 Å². The maximum Gasteiger partial charge on any atom is 0.270 e. The van der Waals surface area contributed by atoms with Gasteiger partial charge in [0, 0.05) is 24.3 Å². The largest absolute Gasteiger partial charge is 0.348 e. The molecule has 0 radical (unpaired) electrons. The minimum atomic E-state index is -1.23. The number of non-ortho nitro benzene ring substituents is 1. The van der Waals surface area contributed by atoms with Crippen molar-refractivity contribution in [3.8, 4) is 0 Å². The summed E-state index contributed by atoms with van der Waals surface area (Å²) < 4.78 is 5.76. The molecule has 0 saturated heterocycles. The molecule has 0 spiro atoms. The SMILES string of the molecule is CCOC1(NC(=O)c2cccc([N+](=O)[O-])c2)C(C)=CC(=O)C=C1C. The summed E-state index contributed by atoms with van der Waals surface area (Å²) in [4.78, 5) is 34.5. The number of nitro benzene ring substituents is 1. The van der Waals surface area contributed by atoms with Crippen LogP contribution in [0.5, 0.6) is 0 Å². The molecular weight excluding hydrogens is 312 g/mol. The number of benzene rings is 1. The van der Waals surface area contributed by atoms with Gasteiger partial charge in [0.1, 0.15) is 0 Å². The van der Waals surface area contributed by atoms with Crippen molar-refractivity contribution in [2.45, 2.75) is 26.5 Å². The molecule has 7 heteroatoms. The summed E-state index contributed by atoms with van der Waals surface area (Å²) in [6.45, 7) is 5.47. The van der Waals surface area contributed by atoms with Crippen LogP contribution in [-0.4, -0.2) is 28.9 Å². The highest BCUT2D eigenvalue weighted by atomic mass is 16.6. The van der Waals surface area contributed by atoms with Gasteiger partial charge in [0.25, 0.3) is 11.6 Å². The molecule has 24 heavy (non-hydrogen) atoms. The number of rotatable bonds is 5. The van der Waals surface area contributed by atoms with E-state index in [0.29, 0.717) is 17.8 Å². The first-order chi connectivity index (χ1) is 11.3. The fourth-order valence-electron chi connectivity index (χ4n) is 2.65. The van der Waals surface area contributed by atoms with Crippen LogP contribution < -0.4 is 5.32 Å². The third-order valence-electron chi connectivity index (χ3n) is 3.80. The zero-order valence-electron chi connectivity index (χ0n) is 13.7. The number of nitrogens with zero attached hydrogens (tertiary/aromatic N) is 1. The molecule has 0 unspecified atom stereocenters. The Kier molecular flexibility index (Phi) is 4.94. The zero-order valence-corrected chi connectivity index (χ0v) is 13.7. The minimum Gasteiger partial charge on any atom is -0.348 e. The number of carbonyl (C=O) groups excluding carboxylic acids is 2. The molecule has 1 aliphatic carbocycles. The normalized spacial score (nSPS) is 16.2. The van der Waals surface area contributed by atoms with Crippen LogP contribution in [0.25, 0.3) is 0 Å². The fraction of sp³-hybridized carbons (Fsp3) is 0.294. The summed E-state index contributed by atoms with van der Waals surface area (Å²) in [6.07, 6.45) is 2.80. The quantitative estimate of drug-likeness (QED) is 0.508. The second-order valence-corrected chi connectivity index (χ2v) is 5.43.